The molecule has 0 aromatic carbocycles. The lowest BCUT2D eigenvalue weighted by molar-refractivity contribution is 1.01. The highest BCUT2D eigenvalue weighted by molar-refractivity contribution is 7.98. The topological polar surface area (TPSA) is 25.8 Å². The molecule has 0 aliphatic heterocycles. The van der Waals surface area contributed by atoms with Gasteiger partial charge in [0.15, 0.2) is 0 Å². The fraction of sp³-hybridized carbons (Fsp3) is 0.500. The van der Waals surface area contributed by atoms with E-state index in [4.69, 9.17) is 11.6 Å². The molecule has 0 saturated heterocycles. The van der Waals surface area contributed by atoms with Crippen LogP contribution in [0.15, 0.2) is 11.1 Å². The van der Waals surface area contributed by atoms with Gasteiger partial charge in [-0.05, 0) is 30.8 Å². The van der Waals surface area contributed by atoms with E-state index in [-0.39, 0.29) is 0 Å². The van der Waals surface area contributed by atoms with Crippen molar-refractivity contribution in [2.24, 2.45) is 0 Å². The van der Waals surface area contributed by atoms with Gasteiger partial charge in [0.2, 0.25) is 5.28 Å². The molecule has 0 bridgehead atoms. The van der Waals surface area contributed by atoms with Crippen LogP contribution in [0, 0.1) is 6.92 Å². The van der Waals surface area contributed by atoms with E-state index in [9.17, 15) is 0 Å². The standard InChI is InChI=1S/C6H7ClN2S.C2H6/c1-4-3-5(10-2)9-6(7)8-4;1-2/h3H,1-2H3;1-2H3. The Kier molecular flexibility index (Phi) is 6.11. The molecule has 1 aromatic rings. The molecular weight excluding hydrogens is 192 g/mol. The fourth-order valence-corrected chi connectivity index (χ4v) is 1.35. The molecular formula is C8H13ClN2S. The van der Waals surface area contributed by atoms with Gasteiger partial charge in [0, 0.05) is 5.69 Å². The van der Waals surface area contributed by atoms with Crippen molar-refractivity contribution < 1.29 is 0 Å². The molecule has 12 heavy (non-hydrogen) atoms. The number of nitrogens with zero attached hydrogens (tertiary/aromatic N) is 2. The SMILES string of the molecule is CC.CSc1cc(C)nc(Cl)n1. The highest BCUT2D eigenvalue weighted by Crippen LogP contribution is 2.13. The van der Waals surface area contributed by atoms with Gasteiger partial charge in [0.05, 0.1) is 0 Å². The summed E-state index contributed by atoms with van der Waals surface area (Å²) in [5.41, 5.74) is 0.907. The molecule has 0 spiro atoms. The molecule has 0 radical (unpaired) electrons. The van der Waals surface area contributed by atoms with Crippen LogP contribution in [0.1, 0.15) is 19.5 Å². The van der Waals surface area contributed by atoms with Crippen LogP contribution >= 0.6 is 23.4 Å². The minimum Gasteiger partial charge on any atom is -0.223 e. The number of halogens is 1. The lowest BCUT2D eigenvalue weighted by atomic mass is 10.5. The maximum absolute atomic E-state index is 5.59. The van der Waals surface area contributed by atoms with E-state index in [1.165, 1.54) is 0 Å². The maximum Gasteiger partial charge on any atom is 0.223 e. The number of hydrogen-bond donors (Lipinski definition) is 0. The number of thioether (sulfide) groups is 1. The van der Waals surface area contributed by atoms with Crippen molar-refractivity contribution in [1.29, 1.82) is 0 Å². The lowest BCUT2D eigenvalue weighted by Gasteiger charge is -1.96. The summed E-state index contributed by atoms with van der Waals surface area (Å²) in [5.74, 6) is 0. The second kappa shape index (κ2) is 6.26. The molecule has 2 nitrogen and oxygen atoms in total. The normalized spacial score (nSPS) is 8.75. The van der Waals surface area contributed by atoms with Gasteiger partial charge in [-0.25, -0.2) is 9.97 Å². The Morgan fingerprint density at radius 2 is 1.92 bits per heavy atom. The van der Waals surface area contributed by atoms with Gasteiger partial charge in [-0.2, -0.15) is 0 Å². The van der Waals surface area contributed by atoms with Gasteiger partial charge < -0.3 is 0 Å². The quantitative estimate of drug-likeness (QED) is 0.399. The first-order valence-corrected chi connectivity index (χ1v) is 5.38. The summed E-state index contributed by atoms with van der Waals surface area (Å²) < 4.78 is 0. The Labute approximate surface area is 82.8 Å². The van der Waals surface area contributed by atoms with E-state index < -0.39 is 0 Å². The zero-order valence-corrected chi connectivity index (χ0v) is 9.33. The third-order valence-electron chi connectivity index (χ3n) is 1.01. The molecule has 0 aliphatic carbocycles. The average molecular weight is 205 g/mol. The number of aromatic nitrogens is 2. The van der Waals surface area contributed by atoms with Crippen molar-refractivity contribution in [1.82, 2.24) is 9.97 Å². The Morgan fingerprint density at radius 3 is 2.33 bits per heavy atom. The molecule has 68 valence electrons. The predicted octanol–water partition coefficient (Wildman–Crippen LogP) is 3.19. The lowest BCUT2D eigenvalue weighted by Crippen LogP contribution is -1.87. The van der Waals surface area contributed by atoms with Crippen LogP contribution < -0.4 is 0 Å². The smallest absolute Gasteiger partial charge is 0.223 e. The molecule has 1 heterocycles. The monoisotopic (exact) mass is 204 g/mol. The van der Waals surface area contributed by atoms with Crippen molar-refractivity contribution in [2.45, 2.75) is 25.8 Å². The molecule has 0 amide bonds. The van der Waals surface area contributed by atoms with Crippen LogP contribution in [0.5, 0.6) is 0 Å². The van der Waals surface area contributed by atoms with Crippen molar-refractivity contribution in [3.05, 3.63) is 17.0 Å². The van der Waals surface area contributed by atoms with E-state index in [1.807, 2.05) is 33.1 Å². The van der Waals surface area contributed by atoms with Crippen LogP contribution in [0.4, 0.5) is 0 Å². The summed E-state index contributed by atoms with van der Waals surface area (Å²) in [4.78, 5) is 7.89. The van der Waals surface area contributed by atoms with Crippen molar-refractivity contribution in [3.8, 4) is 0 Å². The third-order valence-corrected chi connectivity index (χ3v) is 1.81. The predicted molar refractivity (Wildman–Crippen MR) is 54.9 cm³/mol. The molecule has 0 saturated carbocycles. The number of hydrogen-bond acceptors (Lipinski definition) is 3. The van der Waals surface area contributed by atoms with Gasteiger partial charge >= 0.3 is 0 Å². The van der Waals surface area contributed by atoms with Gasteiger partial charge in [-0.15, -0.1) is 11.8 Å². The molecule has 0 atom stereocenters. The molecule has 0 aliphatic rings. The van der Waals surface area contributed by atoms with Gasteiger partial charge in [0.25, 0.3) is 0 Å². The molecule has 1 aromatic heterocycles. The molecule has 0 unspecified atom stereocenters. The van der Waals surface area contributed by atoms with Crippen molar-refractivity contribution in [3.63, 3.8) is 0 Å². The van der Waals surface area contributed by atoms with E-state index in [0.717, 1.165) is 10.7 Å². The zero-order chi connectivity index (χ0) is 9.56. The van der Waals surface area contributed by atoms with Gasteiger partial charge in [-0.1, -0.05) is 13.8 Å². The van der Waals surface area contributed by atoms with E-state index in [0.29, 0.717) is 5.28 Å². The number of aryl methyl sites for hydroxylation is 1. The summed E-state index contributed by atoms with van der Waals surface area (Å²) in [5, 5.41) is 1.24. The second-order valence-corrected chi connectivity index (χ2v) is 2.99. The fourth-order valence-electron chi connectivity index (χ4n) is 0.609. The summed E-state index contributed by atoms with van der Waals surface area (Å²) in [7, 11) is 0. The number of rotatable bonds is 1. The van der Waals surface area contributed by atoms with E-state index in [1.54, 1.807) is 11.8 Å². The largest absolute Gasteiger partial charge is 0.223 e. The van der Waals surface area contributed by atoms with Gasteiger partial charge in [-0.3, -0.25) is 0 Å². The Bertz CT molecular complexity index is 220. The first-order valence-electron chi connectivity index (χ1n) is 3.77. The van der Waals surface area contributed by atoms with Crippen LogP contribution in [0.2, 0.25) is 5.28 Å². The van der Waals surface area contributed by atoms with Gasteiger partial charge in [0.1, 0.15) is 5.03 Å². The summed E-state index contributed by atoms with van der Waals surface area (Å²) in [6.07, 6.45) is 1.96. The molecule has 1 rings (SSSR count). The summed E-state index contributed by atoms with van der Waals surface area (Å²) in [6, 6.07) is 1.90. The summed E-state index contributed by atoms with van der Waals surface area (Å²) in [6.45, 7) is 5.90. The maximum atomic E-state index is 5.59. The highest BCUT2D eigenvalue weighted by Gasteiger charge is 1.96. The first kappa shape index (κ1) is 11.7. The Hall–Kier alpha value is -0.280. The average Bonchev–Trinajstić information content (AvgIpc) is 2.06. The summed E-state index contributed by atoms with van der Waals surface area (Å²) >= 11 is 7.15. The Morgan fingerprint density at radius 1 is 1.33 bits per heavy atom. The van der Waals surface area contributed by atoms with E-state index >= 15 is 0 Å². The first-order chi connectivity index (χ1) is 5.72. The minimum atomic E-state index is 0.323. The molecule has 0 N–H and O–H groups in total. The van der Waals surface area contributed by atoms with Crippen LogP contribution in [-0.4, -0.2) is 16.2 Å². The van der Waals surface area contributed by atoms with E-state index in [2.05, 4.69) is 9.97 Å². The molecule has 4 heteroatoms. The van der Waals surface area contributed by atoms with Crippen LogP contribution in [-0.2, 0) is 0 Å². The zero-order valence-electron chi connectivity index (χ0n) is 7.76. The van der Waals surface area contributed by atoms with Crippen LogP contribution in [0.3, 0.4) is 0 Å². The third kappa shape index (κ3) is 3.93. The van der Waals surface area contributed by atoms with Crippen molar-refractivity contribution >= 4 is 23.4 Å². The Balaban J connectivity index is 0.000000561. The highest BCUT2D eigenvalue weighted by atomic mass is 35.5. The second-order valence-electron chi connectivity index (χ2n) is 1.82. The van der Waals surface area contributed by atoms with Crippen molar-refractivity contribution in [2.75, 3.05) is 6.26 Å². The minimum absolute atomic E-state index is 0.323. The van der Waals surface area contributed by atoms with Crippen LogP contribution in [0.25, 0.3) is 0 Å². The molecule has 0 fully saturated rings.